The van der Waals surface area contributed by atoms with Gasteiger partial charge in [-0.05, 0) is 41.7 Å². The van der Waals surface area contributed by atoms with Crippen LogP contribution in [-0.2, 0) is 33.2 Å². The van der Waals surface area contributed by atoms with Crippen molar-refractivity contribution in [3.63, 3.8) is 0 Å². The molecule has 10 N–H and O–H groups in total. The average Bonchev–Trinajstić information content (AvgIpc) is 2.94. The maximum Gasteiger partial charge on any atom is 0.489 e. The second-order valence-corrected chi connectivity index (χ2v) is 9.73. The fourth-order valence-corrected chi connectivity index (χ4v) is 4.13. The number of alkyl halides is 6. The van der Waals surface area contributed by atoms with Crippen molar-refractivity contribution in [3.8, 4) is 0 Å². The van der Waals surface area contributed by atoms with Crippen molar-refractivity contribution in [1.82, 2.24) is 10.2 Å². The second kappa shape index (κ2) is 15.9. The molecular formula is C26H33BF6N6O5. The Morgan fingerprint density at radius 2 is 1.48 bits per heavy atom. The Kier molecular flexibility index (Phi) is 13.1. The molecule has 2 unspecified atom stereocenters. The first-order chi connectivity index (χ1) is 20.5. The second-order valence-electron chi connectivity index (χ2n) is 9.73. The van der Waals surface area contributed by atoms with Crippen molar-refractivity contribution in [1.29, 1.82) is 0 Å². The maximum absolute atomic E-state index is 13.5. The maximum atomic E-state index is 13.5. The van der Waals surface area contributed by atoms with E-state index in [1.54, 1.807) is 0 Å². The van der Waals surface area contributed by atoms with Crippen LogP contribution in [0, 0.1) is 0 Å². The molecule has 18 heteroatoms. The minimum absolute atomic E-state index is 0.162. The van der Waals surface area contributed by atoms with E-state index in [0.29, 0.717) is 6.07 Å². The van der Waals surface area contributed by atoms with Crippen LogP contribution >= 0.6 is 0 Å². The van der Waals surface area contributed by atoms with Crippen LogP contribution in [0.15, 0.2) is 42.5 Å². The molecule has 0 bridgehead atoms. The molecule has 2 aromatic carbocycles. The van der Waals surface area contributed by atoms with Gasteiger partial charge in [0.05, 0.1) is 17.2 Å². The van der Waals surface area contributed by atoms with Crippen molar-refractivity contribution in [3.05, 3.63) is 59.2 Å². The molecule has 2 rings (SSSR count). The number of carbonyl (C=O) groups excluding carboxylic acids is 3. The fourth-order valence-electron chi connectivity index (χ4n) is 4.13. The number of hydrogen-bond donors (Lipinski definition) is 7. The molecule has 0 aliphatic heterocycles. The minimum Gasteiger partial charge on any atom is -0.423 e. The Bertz CT molecular complexity index is 1270. The van der Waals surface area contributed by atoms with Crippen LogP contribution in [0.25, 0.3) is 0 Å². The van der Waals surface area contributed by atoms with Crippen LogP contribution in [0.2, 0.25) is 0 Å². The van der Waals surface area contributed by atoms with Gasteiger partial charge < -0.3 is 42.8 Å². The standard InChI is InChI=1S/C26H33BF6N6O5/c28-25(29,30)16-3-1-15(2-4-16)13-21(38-23(41)20(36)7-8-22(40)39(11-9-34)12-10-35)24(42)37-17-5-6-19(27(43)44)18(14-17)26(31,32)33/h1-6,14,20-21,43-44H,7-13,34-36H2,(H,37,42)(H,38,41). The quantitative estimate of drug-likeness (QED) is 0.111. The first kappa shape index (κ1) is 36.5. The van der Waals surface area contributed by atoms with E-state index < -0.39 is 65.6 Å². The van der Waals surface area contributed by atoms with Crippen LogP contribution in [0.4, 0.5) is 32.0 Å². The highest BCUT2D eigenvalue weighted by Gasteiger charge is 2.37. The monoisotopic (exact) mass is 634 g/mol. The van der Waals surface area contributed by atoms with Gasteiger partial charge in [0.1, 0.15) is 6.04 Å². The molecule has 0 aromatic heterocycles. The molecule has 0 radical (unpaired) electrons. The molecule has 0 saturated heterocycles. The van der Waals surface area contributed by atoms with Crippen LogP contribution in [0.5, 0.6) is 0 Å². The van der Waals surface area contributed by atoms with E-state index in [0.717, 1.165) is 36.4 Å². The summed E-state index contributed by atoms with van der Waals surface area (Å²) in [5.41, 5.74) is 13.4. The van der Waals surface area contributed by atoms with Crippen molar-refractivity contribution in [2.45, 2.75) is 43.7 Å². The van der Waals surface area contributed by atoms with Gasteiger partial charge in [-0.25, -0.2) is 0 Å². The summed E-state index contributed by atoms with van der Waals surface area (Å²) in [5, 5.41) is 23.1. The van der Waals surface area contributed by atoms with Crippen LogP contribution in [-0.4, -0.2) is 78.1 Å². The highest BCUT2D eigenvalue weighted by atomic mass is 19.4. The number of nitrogens with zero attached hydrogens (tertiary/aromatic N) is 1. The number of amides is 3. The molecule has 0 aliphatic carbocycles. The summed E-state index contributed by atoms with van der Waals surface area (Å²) < 4.78 is 79.4. The zero-order valence-electron chi connectivity index (χ0n) is 23.3. The molecule has 242 valence electrons. The molecule has 3 amide bonds. The first-order valence-electron chi connectivity index (χ1n) is 13.3. The normalized spacial score (nSPS) is 13.2. The number of hydrogen-bond acceptors (Lipinski definition) is 8. The van der Waals surface area contributed by atoms with Crippen molar-refractivity contribution < 1.29 is 50.8 Å². The van der Waals surface area contributed by atoms with Crippen molar-refractivity contribution >= 4 is 36.0 Å². The van der Waals surface area contributed by atoms with Crippen LogP contribution < -0.4 is 33.3 Å². The summed E-state index contributed by atoms with van der Waals surface area (Å²) in [6.45, 7) is 0.794. The van der Waals surface area contributed by atoms with E-state index >= 15 is 0 Å². The van der Waals surface area contributed by atoms with Gasteiger partial charge in [0.25, 0.3) is 0 Å². The van der Waals surface area contributed by atoms with Crippen molar-refractivity contribution in [2.24, 2.45) is 17.2 Å². The van der Waals surface area contributed by atoms with Gasteiger partial charge in [-0.1, -0.05) is 18.2 Å². The molecule has 2 atom stereocenters. The van der Waals surface area contributed by atoms with Crippen molar-refractivity contribution in [2.75, 3.05) is 31.5 Å². The van der Waals surface area contributed by atoms with Gasteiger partial charge in [0.15, 0.2) is 0 Å². The third kappa shape index (κ3) is 10.8. The number of benzene rings is 2. The lowest BCUT2D eigenvalue weighted by atomic mass is 9.76. The minimum atomic E-state index is -5.03. The lowest BCUT2D eigenvalue weighted by Gasteiger charge is -2.23. The van der Waals surface area contributed by atoms with E-state index in [1.165, 1.54) is 4.90 Å². The number of rotatable bonds is 14. The molecule has 44 heavy (non-hydrogen) atoms. The molecule has 0 fully saturated rings. The Hall–Kier alpha value is -3.71. The van der Waals surface area contributed by atoms with Gasteiger partial charge in [-0.3, -0.25) is 14.4 Å². The summed E-state index contributed by atoms with van der Waals surface area (Å²) in [7, 11) is -2.46. The predicted molar refractivity (Wildman–Crippen MR) is 149 cm³/mol. The molecule has 11 nitrogen and oxygen atoms in total. The molecule has 0 heterocycles. The Labute approximate surface area is 248 Å². The smallest absolute Gasteiger partial charge is 0.423 e. The summed E-state index contributed by atoms with van der Waals surface area (Å²) >= 11 is 0. The average molecular weight is 634 g/mol. The first-order valence-corrected chi connectivity index (χ1v) is 13.3. The van der Waals surface area contributed by atoms with E-state index in [1.807, 2.05) is 0 Å². The van der Waals surface area contributed by atoms with Gasteiger partial charge in [0.2, 0.25) is 17.7 Å². The highest BCUT2D eigenvalue weighted by molar-refractivity contribution is 6.59. The van der Waals surface area contributed by atoms with E-state index in [-0.39, 0.29) is 56.9 Å². The molecule has 0 aliphatic rings. The number of nitrogens with one attached hydrogen (secondary N) is 2. The summed E-state index contributed by atoms with van der Waals surface area (Å²) in [5.74, 6) is -2.34. The van der Waals surface area contributed by atoms with Gasteiger partial charge in [0, 0.05) is 44.7 Å². The fraction of sp³-hybridized carbons (Fsp3) is 0.423. The van der Waals surface area contributed by atoms with E-state index in [4.69, 9.17) is 17.2 Å². The predicted octanol–water partition coefficient (Wildman–Crippen LogP) is -0.0765. The number of anilines is 1. The zero-order valence-corrected chi connectivity index (χ0v) is 23.3. The lowest BCUT2D eigenvalue weighted by molar-refractivity contribution is -0.138. The van der Waals surface area contributed by atoms with Crippen LogP contribution in [0.3, 0.4) is 0 Å². The zero-order chi connectivity index (χ0) is 33.2. The number of nitrogens with two attached hydrogens (primary N) is 3. The summed E-state index contributed by atoms with van der Waals surface area (Å²) in [6.07, 6.45) is -10.4. The molecule has 0 saturated carbocycles. The highest BCUT2D eigenvalue weighted by Crippen LogP contribution is 2.31. The Morgan fingerprint density at radius 3 is 1.98 bits per heavy atom. The molecule has 2 aromatic rings. The lowest BCUT2D eigenvalue weighted by Crippen LogP contribution is -2.51. The molecule has 0 spiro atoms. The number of carbonyl (C=O) groups is 3. The van der Waals surface area contributed by atoms with Gasteiger partial charge in [-0.2, -0.15) is 26.3 Å². The topological polar surface area (TPSA) is 197 Å². The van der Waals surface area contributed by atoms with E-state index in [2.05, 4.69) is 10.6 Å². The summed E-state index contributed by atoms with van der Waals surface area (Å²) in [4.78, 5) is 39.9. The Morgan fingerprint density at radius 1 is 0.886 bits per heavy atom. The SMILES string of the molecule is NCCN(CCN)C(=O)CCC(N)C(=O)NC(Cc1ccc(C(F)(F)F)cc1)C(=O)Nc1ccc(B(O)O)c(C(F)(F)F)c1. The Balaban J connectivity index is 2.28. The largest absolute Gasteiger partial charge is 0.489 e. The van der Waals surface area contributed by atoms with Crippen LogP contribution in [0.1, 0.15) is 29.5 Å². The molecular weight excluding hydrogens is 601 g/mol. The van der Waals surface area contributed by atoms with Gasteiger partial charge >= 0.3 is 19.5 Å². The number of halogens is 6. The third-order valence-electron chi connectivity index (χ3n) is 6.42. The van der Waals surface area contributed by atoms with E-state index in [9.17, 15) is 50.8 Å². The van der Waals surface area contributed by atoms with Gasteiger partial charge in [-0.15, -0.1) is 0 Å². The summed E-state index contributed by atoms with van der Waals surface area (Å²) in [6, 6.07) is 2.94. The third-order valence-corrected chi connectivity index (χ3v) is 6.42.